The van der Waals surface area contributed by atoms with Gasteiger partial charge in [0.25, 0.3) is 0 Å². The first-order valence-electron chi connectivity index (χ1n) is 23.0. The summed E-state index contributed by atoms with van der Waals surface area (Å²) in [6.45, 7) is 4.57. The van der Waals surface area contributed by atoms with Gasteiger partial charge in [0.2, 0.25) is 0 Å². The zero-order valence-corrected chi connectivity index (χ0v) is 34.2. The van der Waals surface area contributed by atoms with Crippen molar-refractivity contribution < 1.29 is 19.4 Å². The van der Waals surface area contributed by atoms with Crippen LogP contribution in [0.3, 0.4) is 0 Å². The highest BCUT2D eigenvalue weighted by molar-refractivity contribution is 5.69. The van der Waals surface area contributed by atoms with Gasteiger partial charge in [0.05, 0.1) is 0 Å². The Hall–Kier alpha value is -1.06. The summed E-state index contributed by atoms with van der Waals surface area (Å²) in [6, 6.07) is 0. The number of carboxylic acid groups (broad SMARTS) is 1. The number of carbonyl (C=O) groups is 2. The van der Waals surface area contributed by atoms with Crippen LogP contribution in [-0.2, 0) is 14.3 Å². The van der Waals surface area contributed by atoms with E-state index in [9.17, 15) is 9.59 Å². The van der Waals surface area contributed by atoms with E-state index in [4.69, 9.17) is 9.84 Å². The average Bonchev–Trinajstić information content (AvgIpc) is 3.10. The molecule has 298 valence electrons. The Bertz CT molecular complexity index is 677. The maximum atomic E-state index is 12.6. The zero-order valence-electron chi connectivity index (χ0n) is 34.2. The summed E-state index contributed by atoms with van der Waals surface area (Å²) in [7, 11) is 0. The van der Waals surface area contributed by atoms with E-state index in [1.165, 1.54) is 205 Å². The second-order valence-corrected chi connectivity index (χ2v) is 16.0. The molecule has 0 heterocycles. The second-order valence-electron chi connectivity index (χ2n) is 16.0. The summed E-state index contributed by atoms with van der Waals surface area (Å²) in [5.74, 6) is -0.781. The molecule has 0 rings (SSSR count). The van der Waals surface area contributed by atoms with Crippen LogP contribution in [0.4, 0.5) is 0 Å². The quantitative estimate of drug-likeness (QED) is 0.0506. The molecule has 4 nitrogen and oxygen atoms in total. The molecule has 4 heteroatoms. The highest BCUT2D eigenvalue weighted by atomic mass is 16.5. The number of hydrogen-bond acceptors (Lipinski definition) is 3. The fourth-order valence-electron chi connectivity index (χ4n) is 7.42. The Kier molecular flexibility index (Phi) is 41.5. The van der Waals surface area contributed by atoms with Gasteiger partial charge in [-0.25, -0.2) is 0 Å². The van der Waals surface area contributed by atoms with Gasteiger partial charge in [-0.2, -0.15) is 0 Å². The van der Waals surface area contributed by atoms with Gasteiger partial charge in [0.1, 0.15) is 6.10 Å². The summed E-state index contributed by atoms with van der Waals surface area (Å²) in [6.07, 6.45) is 51.4. The van der Waals surface area contributed by atoms with Crippen LogP contribution >= 0.6 is 0 Å². The van der Waals surface area contributed by atoms with Gasteiger partial charge >= 0.3 is 11.9 Å². The van der Waals surface area contributed by atoms with Crippen molar-refractivity contribution in [3.05, 3.63) is 0 Å². The predicted octanol–water partition coefficient (Wildman–Crippen LogP) is 16.0. The van der Waals surface area contributed by atoms with Crippen molar-refractivity contribution in [1.29, 1.82) is 0 Å². The molecule has 0 amide bonds. The first-order valence-corrected chi connectivity index (χ1v) is 23.0. The van der Waals surface area contributed by atoms with E-state index in [0.29, 0.717) is 12.8 Å². The van der Waals surface area contributed by atoms with Crippen molar-refractivity contribution >= 4 is 11.9 Å². The number of ether oxygens (including phenoxy) is 1. The topological polar surface area (TPSA) is 63.6 Å². The number of rotatable bonds is 43. The fourth-order valence-corrected chi connectivity index (χ4v) is 7.42. The zero-order chi connectivity index (χ0) is 36.4. The summed E-state index contributed by atoms with van der Waals surface area (Å²) in [4.78, 5) is 23.5. The summed E-state index contributed by atoms with van der Waals surface area (Å²) in [5.41, 5.74) is 0. The standard InChI is InChI=1S/C46H90O4/c1-3-5-7-9-11-13-15-17-19-20-21-22-23-24-25-27-29-31-33-35-37-43-46(49)50-44(41-38-39-42-45(47)48)40-36-34-32-30-28-26-18-16-14-12-10-8-6-4-2/h44H,3-43H2,1-2H3,(H,47,48). The molecule has 0 saturated carbocycles. The second kappa shape index (κ2) is 42.4. The van der Waals surface area contributed by atoms with Gasteiger partial charge in [-0.05, 0) is 38.5 Å². The Morgan fingerprint density at radius 1 is 0.360 bits per heavy atom. The van der Waals surface area contributed by atoms with Crippen LogP contribution in [0.15, 0.2) is 0 Å². The number of carbonyl (C=O) groups excluding carboxylic acids is 1. The third kappa shape index (κ3) is 41.4. The third-order valence-corrected chi connectivity index (χ3v) is 10.8. The Balaban J connectivity index is 3.73. The molecule has 0 aromatic carbocycles. The van der Waals surface area contributed by atoms with Crippen molar-refractivity contribution in [2.75, 3.05) is 0 Å². The van der Waals surface area contributed by atoms with E-state index >= 15 is 0 Å². The minimum absolute atomic E-state index is 0.0384. The molecule has 0 fully saturated rings. The molecule has 0 radical (unpaired) electrons. The first kappa shape index (κ1) is 48.9. The van der Waals surface area contributed by atoms with Gasteiger partial charge in [-0.1, -0.05) is 226 Å². The van der Waals surface area contributed by atoms with Crippen molar-refractivity contribution in [3.8, 4) is 0 Å². The molecule has 0 aliphatic rings. The van der Waals surface area contributed by atoms with E-state index in [-0.39, 0.29) is 18.5 Å². The van der Waals surface area contributed by atoms with E-state index in [0.717, 1.165) is 38.5 Å². The van der Waals surface area contributed by atoms with E-state index in [1.807, 2.05) is 0 Å². The minimum Gasteiger partial charge on any atom is -0.481 e. The molecule has 1 N–H and O–H groups in total. The molecule has 1 atom stereocenters. The molecule has 0 aliphatic carbocycles. The van der Waals surface area contributed by atoms with Crippen LogP contribution in [0.25, 0.3) is 0 Å². The van der Waals surface area contributed by atoms with E-state index in [1.54, 1.807) is 0 Å². The highest BCUT2D eigenvalue weighted by Crippen LogP contribution is 2.19. The van der Waals surface area contributed by atoms with Crippen molar-refractivity contribution in [2.45, 2.75) is 283 Å². The summed E-state index contributed by atoms with van der Waals surface area (Å²) < 4.78 is 5.93. The van der Waals surface area contributed by atoms with E-state index < -0.39 is 5.97 Å². The maximum Gasteiger partial charge on any atom is 0.306 e. The van der Waals surface area contributed by atoms with Crippen molar-refractivity contribution in [3.63, 3.8) is 0 Å². The van der Waals surface area contributed by atoms with Gasteiger partial charge < -0.3 is 9.84 Å². The van der Waals surface area contributed by atoms with Crippen LogP contribution in [0.1, 0.15) is 277 Å². The summed E-state index contributed by atoms with van der Waals surface area (Å²) >= 11 is 0. The number of carboxylic acids is 1. The SMILES string of the molecule is CCCCCCCCCCCCCCCCCCCCCCCC(=O)OC(CCCCCCCCCCCCCCCC)CCCCC(=O)O. The molecule has 0 aromatic heterocycles. The third-order valence-electron chi connectivity index (χ3n) is 10.8. The van der Waals surface area contributed by atoms with Crippen LogP contribution in [0, 0.1) is 0 Å². The smallest absolute Gasteiger partial charge is 0.306 e. The number of unbranched alkanes of at least 4 members (excludes halogenated alkanes) is 34. The van der Waals surface area contributed by atoms with Crippen LogP contribution in [0.5, 0.6) is 0 Å². The van der Waals surface area contributed by atoms with E-state index in [2.05, 4.69) is 13.8 Å². The Labute approximate surface area is 313 Å². The molecule has 50 heavy (non-hydrogen) atoms. The maximum absolute atomic E-state index is 12.6. The van der Waals surface area contributed by atoms with Crippen LogP contribution in [0.2, 0.25) is 0 Å². The number of aliphatic carboxylic acids is 1. The molecule has 0 aromatic rings. The molecule has 0 spiro atoms. The lowest BCUT2D eigenvalue weighted by atomic mass is 10.0. The van der Waals surface area contributed by atoms with Crippen LogP contribution < -0.4 is 0 Å². The Morgan fingerprint density at radius 2 is 0.600 bits per heavy atom. The van der Waals surface area contributed by atoms with Gasteiger partial charge in [-0.15, -0.1) is 0 Å². The fraction of sp³-hybridized carbons (Fsp3) is 0.957. The largest absolute Gasteiger partial charge is 0.481 e. The lowest BCUT2D eigenvalue weighted by Crippen LogP contribution is -2.18. The monoisotopic (exact) mass is 707 g/mol. The first-order chi connectivity index (χ1) is 24.6. The highest BCUT2D eigenvalue weighted by Gasteiger charge is 2.14. The van der Waals surface area contributed by atoms with Gasteiger partial charge in [0, 0.05) is 12.8 Å². The molecular formula is C46H90O4. The van der Waals surface area contributed by atoms with Gasteiger partial charge in [0.15, 0.2) is 0 Å². The van der Waals surface area contributed by atoms with Gasteiger partial charge in [-0.3, -0.25) is 9.59 Å². The molecule has 1 unspecified atom stereocenters. The Morgan fingerprint density at radius 3 is 0.900 bits per heavy atom. The van der Waals surface area contributed by atoms with Crippen molar-refractivity contribution in [1.82, 2.24) is 0 Å². The molecule has 0 bridgehead atoms. The molecular weight excluding hydrogens is 617 g/mol. The lowest BCUT2D eigenvalue weighted by Gasteiger charge is -2.18. The number of esters is 1. The molecule has 0 aliphatic heterocycles. The van der Waals surface area contributed by atoms with Crippen LogP contribution in [-0.4, -0.2) is 23.1 Å². The number of hydrogen-bond donors (Lipinski definition) is 1. The summed E-state index contributed by atoms with van der Waals surface area (Å²) in [5, 5.41) is 8.98. The minimum atomic E-state index is -0.736. The predicted molar refractivity (Wildman–Crippen MR) is 218 cm³/mol. The molecule has 0 saturated heterocycles. The van der Waals surface area contributed by atoms with Crippen molar-refractivity contribution in [2.24, 2.45) is 0 Å². The lowest BCUT2D eigenvalue weighted by molar-refractivity contribution is -0.150. The normalized spacial score (nSPS) is 12.0. The average molecular weight is 707 g/mol.